The van der Waals surface area contributed by atoms with E-state index in [4.69, 9.17) is 18.9 Å². The Kier molecular flexibility index (Phi) is 6.17. The summed E-state index contributed by atoms with van der Waals surface area (Å²) >= 11 is 0. The molecule has 0 N–H and O–H groups in total. The lowest BCUT2D eigenvalue weighted by Gasteiger charge is -2.35. The summed E-state index contributed by atoms with van der Waals surface area (Å²) in [6.45, 7) is 2.51. The Morgan fingerprint density at radius 2 is 1.76 bits per heavy atom. The van der Waals surface area contributed by atoms with E-state index in [1.807, 2.05) is 0 Å². The van der Waals surface area contributed by atoms with E-state index in [0.717, 1.165) is 48.7 Å². The van der Waals surface area contributed by atoms with Crippen LogP contribution in [0.15, 0.2) is 54.6 Å². The topological polar surface area (TPSA) is 36.9 Å². The lowest BCUT2D eigenvalue weighted by Crippen LogP contribution is -2.21. The minimum absolute atomic E-state index is 0.312. The van der Waals surface area contributed by atoms with E-state index in [1.54, 1.807) is 14.2 Å². The molecule has 0 fully saturated rings. The van der Waals surface area contributed by atoms with Crippen LogP contribution >= 0.6 is 0 Å². The molecule has 1 heterocycles. The maximum absolute atomic E-state index is 5.86. The Hall–Kier alpha value is -3.14. The molecule has 2 atom stereocenters. The van der Waals surface area contributed by atoms with E-state index >= 15 is 0 Å². The predicted molar refractivity (Wildman–Crippen MR) is 130 cm³/mol. The second-order valence-electron chi connectivity index (χ2n) is 8.92. The van der Waals surface area contributed by atoms with E-state index in [9.17, 15) is 0 Å². The normalized spacial score (nSPS) is 17.4. The molecular weight excluding hydrogens is 412 g/mol. The van der Waals surface area contributed by atoms with Gasteiger partial charge in [-0.3, -0.25) is 0 Å². The van der Waals surface area contributed by atoms with Crippen LogP contribution in [0.25, 0.3) is 0 Å². The summed E-state index contributed by atoms with van der Waals surface area (Å²) in [5.74, 6) is 4.13. The van der Waals surface area contributed by atoms with Gasteiger partial charge in [0.15, 0.2) is 23.0 Å². The van der Waals surface area contributed by atoms with E-state index in [0.29, 0.717) is 18.6 Å². The van der Waals surface area contributed by atoms with Crippen molar-refractivity contribution in [2.75, 3.05) is 21.0 Å². The van der Waals surface area contributed by atoms with Gasteiger partial charge in [0.25, 0.3) is 0 Å². The van der Waals surface area contributed by atoms with Crippen molar-refractivity contribution < 1.29 is 18.9 Å². The van der Waals surface area contributed by atoms with Crippen LogP contribution in [-0.2, 0) is 19.3 Å². The van der Waals surface area contributed by atoms with Gasteiger partial charge in [-0.05, 0) is 84.4 Å². The van der Waals surface area contributed by atoms with Crippen molar-refractivity contribution in [3.8, 4) is 23.0 Å². The summed E-state index contributed by atoms with van der Waals surface area (Å²) in [5, 5.41) is 0. The van der Waals surface area contributed by atoms with Crippen molar-refractivity contribution >= 4 is 0 Å². The lowest BCUT2D eigenvalue weighted by atomic mass is 9.70. The van der Waals surface area contributed by atoms with Crippen molar-refractivity contribution in [1.29, 1.82) is 0 Å². The minimum Gasteiger partial charge on any atom is -0.493 e. The number of fused-ring (bicyclic) bond motifs is 2. The van der Waals surface area contributed by atoms with Gasteiger partial charge in [-0.1, -0.05) is 43.3 Å². The Morgan fingerprint density at radius 3 is 2.48 bits per heavy atom. The molecule has 4 heteroatoms. The molecule has 0 amide bonds. The number of aryl methyl sites for hydroxylation is 1. The van der Waals surface area contributed by atoms with E-state index in [2.05, 4.69) is 61.5 Å². The van der Waals surface area contributed by atoms with Gasteiger partial charge in [0.1, 0.15) is 0 Å². The molecule has 1 aliphatic heterocycles. The first kappa shape index (κ1) is 21.7. The zero-order valence-corrected chi connectivity index (χ0v) is 19.7. The molecule has 0 saturated carbocycles. The summed E-state index contributed by atoms with van der Waals surface area (Å²) in [5.41, 5.74) is 6.75. The summed E-state index contributed by atoms with van der Waals surface area (Å²) in [7, 11) is 3.45. The first-order valence-electron chi connectivity index (χ1n) is 11.9. The van der Waals surface area contributed by atoms with Gasteiger partial charge < -0.3 is 18.9 Å². The van der Waals surface area contributed by atoms with Crippen LogP contribution in [0.4, 0.5) is 0 Å². The predicted octanol–water partition coefficient (Wildman–Crippen LogP) is 6.44. The molecule has 4 nitrogen and oxygen atoms in total. The highest BCUT2D eigenvalue weighted by molar-refractivity contribution is 5.55. The van der Waals surface area contributed by atoms with Gasteiger partial charge in [-0.15, -0.1) is 0 Å². The first-order chi connectivity index (χ1) is 16.2. The largest absolute Gasteiger partial charge is 0.493 e. The number of rotatable bonds is 7. The molecule has 2 unspecified atom stereocenters. The monoisotopic (exact) mass is 444 g/mol. The molecule has 0 aromatic heterocycles. The fraction of sp³-hybridized carbons (Fsp3) is 0.379. The van der Waals surface area contributed by atoms with Crippen LogP contribution < -0.4 is 18.9 Å². The van der Waals surface area contributed by atoms with Crippen molar-refractivity contribution in [2.24, 2.45) is 0 Å². The van der Waals surface area contributed by atoms with Crippen molar-refractivity contribution in [3.05, 3.63) is 82.4 Å². The molecule has 0 bridgehead atoms. The Balaban J connectivity index is 1.65. The molecular formula is C29H32O4. The third-order valence-electron chi connectivity index (χ3n) is 7.22. The standard InChI is InChI=1S/C29H32O4/c1-4-21-23(13-14-26(30-2)29(21)31-3)25(15-19-9-6-5-7-10-19)22-12-8-11-20-16-27-28(17-24(20)22)33-18-32-27/h5-7,9-10,13-14,16-17,22,25H,4,8,11-12,15,18H2,1-3H3. The van der Waals surface area contributed by atoms with Crippen LogP contribution in [0, 0.1) is 0 Å². The maximum Gasteiger partial charge on any atom is 0.231 e. The summed E-state index contributed by atoms with van der Waals surface area (Å²) in [6.07, 6.45) is 5.29. The molecule has 0 saturated heterocycles. The highest BCUT2D eigenvalue weighted by Gasteiger charge is 2.33. The zero-order chi connectivity index (χ0) is 22.8. The van der Waals surface area contributed by atoms with Gasteiger partial charge in [-0.25, -0.2) is 0 Å². The smallest absolute Gasteiger partial charge is 0.231 e. The Labute approximate surface area is 196 Å². The average Bonchev–Trinajstić information content (AvgIpc) is 3.32. The average molecular weight is 445 g/mol. The van der Waals surface area contributed by atoms with Crippen LogP contribution in [0.1, 0.15) is 59.4 Å². The van der Waals surface area contributed by atoms with Crippen molar-refractivity contribution in [2.45, 2.75) is 50.9 Å². The molecule has 1 aliphatic carbocycles. The number of hydrogen-bond donors (Lipinski definition) is 0. The summed E-state index contributed by atoms with van der Waals surface area (Å²) in [4.78, 5) is 0. The van der Waals surface area contributed by atoms with Crippen molar-refractivity contribution in [1.82, 2.24) is 0 Å². The number of hydrogen-bond acceptors (Lipinski definition) is 4. The third-order valence-corrected chi connectivity index (χ3v) is 7.22. The number of benzene rings is 3. The van der Waals surface area contributed by atoms with Crippen LogP contribution in [0.2, 0.25) is 0 Å². The maximum atomic E-state index is 5.86. The molecule has 2 aliphatic rings. The van der Waals surface area contributed by atoms with Crippen LogP contribution in [-0.4, -0.2) is 21.0 Å². The zero-order valence-electron chi connectivity index (χ0n) is 19.7. The Morgan fingerprint density at radius 1 is 0.970 bits per heavy atom. The number of methoxy groups -OCH3 is 2. The summed E-state index contributed by atoms with van der Waals surface area (Å²) < 4.78 is 22.9. The van der Waals surface area contributed by atoms with E-state index < -0.39 is 0 Å². The molecule has 0 spiro atoms. The fourth-order valence-electron chi connectivity index (χ4n) is 5.70. The van der Waals surface area contributed by atoms with Crippen molar-refractivity contribution in [3.63, 3.8) is 0 Å². The second-order valence-corrected chi connectivity index (χ2v) is 8.92. The van der Waals surface area contributed by atoms with Gasteiger partial charge in [0, 0.05) is 5.56 Å². The van der Waals surface area contributed by atoms with E-state index in [1.165, 1.54) is 34.2 Å². The lowest BCUT2D eigenvalue weighted by molar-refractivity contribution is 0.174. The highest BCUT2D eigenvalue weighted by atomic mass is 16.7. The first-order valence-corrected chi connectivity index (χ1v) is 11.9. The SMILES string of the molecule is CCc1c(C(Cc2ccccc2)C2CCCc3cc4c(cc32)OCO4)ccc(OC)c1OC. The van der Waals surface area contributed by atoms with Crippen LogP contribution in [0.3, 0.4) is 0 Å². The van der Waals surface area contributed by atoms with Gasteiger partial charge >= 0.3 is 0 Å². The van der Waals surface area contributed by atoms with E-state index in [-0.39, 0.29) is 0 Å². The molecule has 33 heavy (non-hydrogen) atoms. The summed E-state index contributed by atoms with van der Waals surface area (Å²) in [6, 6.07) is 19.6. The number of ether oxygens (including phenoxy) is 4. The van der Waals surface area contributed by atoms with Crippen LogP contribution in [0.5, 0.6) is 23.0 Å². The third kappa shape index (κ3) is 4.03. The second kappa shape index (κ2) is 9.38. The highest BCUT2D eigenvalue weighted by Crippen LogP contribution is 2.49. The fourth-order valence-corrected chi connectivity index (χ4v) is 5.70. The molecule has 172 valence electrons. The molecule has 3 aromatic carbocycles. The minimum atomic E-state index is 0.312. The Bertz CT molecular complexity index is 1120. The van der Waals surface area contributed by atoms with Gasteiger partial charge in [0.05, 0.1) is 14.2 Å². The molecule has 5 rings (SSSR count). The molecule has 3 aromatic rings. The quantitative estimate of drug-likeness (QED) is 0.420. The molecule has 0 radical (unpaired) electrons. The van der Waals surface area contributed by atoms with Gasteiger partial charge in [-0.2, -0.15) is 0 Å². The van der Waals surface area contributed by atoms with Gasteiger partial charge in [0.2, 0.25) is 6.79 Å².